The van der Waals surface area contributed by atoms with Crippen LogP contribution in [0, 0.1) is 0 Å². The second-order valence-electron chi connectivity index (χ2n) is 5.81. The molecule has 2 rings (SSSR count). The van der Waals surface area contributed by atoms with E-state index in [1.807, 2.05) is 30.3 Å². The van der Waals surface area contributed by atoms with Crippen LogP contribution >= 0.6 is 0 Å². The lowest BCUT2D eigenvalue weighted by atomic mass is 10.2. The first-order valence-electron chi connectivity index (χ1n) is 8.64. The Balaban J connectivity index is 1.82. The molecule has 0 radical (unpaired) electrons. The number of benzene rings is 2. The molecule has 2 aromatic carbocycles. The maximum atomic E-state index is 12.3. The van der Waals surface area contributed by atoms with Gasteiger partial charge in [-0.15, -0.1) is 0 Å². The molecule has 0 atom stereocenters. The molecule has 0 unspecified atom stereocenters. The van der Waals surface area contributed by atoms with Crippen molar-refractivity contribution in [3.8, 4) is 0 Å². The van der Waals surface area contributed by atoms with Gasteiger partial charge in [-0.05, 0) is 49.2 Å². The smallest absolute Gasteiger partial charge is 0.305 e. The topological polar surface area (TPSA) is 97.2 Å². The molecule has 0 fully saturated rings. The number of carbonyl (C=O) groups is 1. The number of esters is 1. The highest BCUT2D eigenvalue weighted by atomic mass is 32.2. The van der Waals surface area contributed by atoms with Crippen LogP contribution in [0.4, 0.5) is 11.4 Å². The van der Waals surface area contributed by atoms with Crippen LogP contribution in [-0.2, 0) is 19.6 Å². The summed E-state index contributed by atoms with van der Waals surface area (Å²) < 4.78 is 31.7. The molecule has 2 aromatic rings. The molecule has 144 valence electrons. The van der Waals surface area contributed by atoms with Crippen molar-refractivity contribution in [3.63, 3.8) is 0 Å². The lowest BCUT2D eigenvalue weighted by Gasteiger charge is -2.07. The number of methoxy groups -OCH3 is 1. The Morgan fingerprint density at radius 3 is 2.19 bits per heavy atom. The molecule has 27 heavy (non-hydrogen) atoms. The van der Waals surface area contributed by atoms with E-state index in [0.717, 1.165) is 12.1 Å². The number of nitrogens with zero attached hydrogens (tertiary/aromatic N) is 2. The van der Waals surface area contributed by atoms with E-state index >= 15 is 0 Å². The fourth-order valence-electron chi connectivity index (χ4n) is 2.27. The molecule has 0 saturated heterocycles. The Morgan fingerprint density at radius 2 is 1.56 bits per heavy atom. The Morgan fingerprint density at radius 1 is 0.926 bits per heavy atom. The predicted octanol–water partition coefficient (Wildman–Crippen LogP) is 4.11. The first-order valence-corrected chi connectivity index (χ1v) is 10.1. The second-order valence-corrected chi connectivity index (χ2v) is 7.58. The third-order valence-electron chi connectivity index (χ3n) is 3.76. The lowest BCUT2D eigenvalue weighted by Crippen LogP contribution is -2.24. The molecule has 7 nitrogen and oxygen atoms in total. The number of sulfonamides is 1. The van der Waals surface area contributed by atoms with Crippen LogP contribution in [0.25, 0.3) is 0 Å². The van der Waals surface area contributed by atoms with E-state index in [1.165, 1.54) is 19.2 Å². The number of azo groups is 1. The zero-order valence-corrected chi connectivity index (χ0v) is 16.0. The summed E-state index contributed by atoms with van der Waals surface area (Å²) >= 11 is 0. The molecule has 8 heteroatoms. The highest BCUT2D eigenvalue weighted by Gasteiger charge is 2.13. The molecular weight excluding hydrogens is 366 g/mol. The van der Waals surface area contributed by atoms with Gasteiger partial charge in [0.05, 0.1) is 23.4 Å². The van der Waals surface area contributed by atoms with E-state index in [9.17, 15) is 13.2 Å². The number of ether oxygens (including phenoxy) is 1. The third-order valence-corrected chi connectivity index (χ3v) is 5.24. The Labute approximate surface area is 159 Å². The first-order chi connectivity index (χ1) is 13.0. The van der Waals surface area contributed by atoms with E-state index in [-0.39, 0.29) is 10.9 Å². The van der Waals surface area contributed by atoms with Crippen molar-refractivity contribution in [2.75, 3.05) is 13.7 Å². The summed E-state index contributed by atoms with van der Waals surface area (Å²) in [6.45, 7) is 0.318. The van der Waals surface area contributed by atoms with Gasteiger partial charge in [-0.3, -0.25) is 4.79 Å². The van der Waals surface area contributed by atoms with Crippen LogP contribution in [-0.4, -0.2) is 28.0 Å². The quantitative estimate of drug-likeness (QED) is 0.375. The summed E-state index contributed by atoms with van der Waals surface area (Å²) in [6.07, 6.45) is 2.42. The maximum absolute atomic E-state index is 12.3. The second kappa shape index (κ2) is 10.5. The average molecular weight is 389 g/mol. The summed E-state index contributed by atoms with van der Waals surface area (Å²) in [6, 6.07) is 15.5. The van der Waals surface area contributed by atoms with Gasteiger partial charge in [0.2, 0.25) is 10.0 Å². The number of rotatable bonds is 10. The monoisotopic (exact) mass is 389 g/mol. The van der Waals surface area contributed by atoms with Gasteiger partial charge in [0.15, 0.2) is 0 Å². The average Bonchev–Trinajstić information content (AvgIpc) is 2.70. The van der Waals surface area contributed by atoms with Gasteiger partial charge in [0, 0.05) is 13.0 Å². The van der Waals surface area contributed by atoms with Crippen molar-refractivity contribution in [2.24, 2.45) is 10.2 Å². The van der Waals surface area contributed by atoms with Crippen LogP contribution in [0.2, 0.25) is 0 Å². The maximum Gasteiger partial charge on any atom is 0.305 e. The summed E-state index contributed by atoms with van der Waals surface area (Å²) in [4.78, 5) is 11.2. The number of carbonyl (C=O) groups excluding carboxylic acids is 1. The van der Waals surface area contributed by atoms with Crippen LogP contribution in [0.15, 0.2) is 69.7 Å². The predicted molar refractivity (Wildman–Crippen MR) is 103 cm³/mol. The molecule has 0 aliphatic carbocycles. The van der Waals surface area contributed by atoms with E-state index in [2.05, 4.69) is 19.7 Å². The van der Waals surface area contributed by atoms with Crippen LogP contribution in [0.5, 0.6) is 0 Å². The van der Waals surface area contributed by atoms with Gasteiger partial charge in [0.25, 0.3) is 0 Å². The SMILES string of the molecule is COC(=O)CCCCCNS(=O)(=O)c1ccc(N=Nc2ccccc2)cc1. The fraction of sp³-hybridized carbons (Fsp3) is 0.316. The normalized spacial score (nSPS) is 11.6. The van der Waals surface area contributed by atoms with E-state index < -0.39 is 10.0 Å². The Hall–Kier alpha value is -2.58. The molecule has 0 spiro atoms. The van der Waals surface area contributed by atoms with Gasteiger partial charge >= 0.3 is 5.97 Å². The fourth-order valence-corrected chi connectivity index (χ4v) is 3.34. The van der Waals surface area contributed by atoms with Crippen LogP contribution in [0.1, 0.15) is 25.7 Å². The zero-order chi connectivity index (χ0) is 19.5. The number of nitrogens with one attached hydrogen (secondary N) is 1. The molecule has 0 bridgehead atoms. The van der Waals surface area contributed by atoms with E-state index in [1.54, 1.807) is 12.1 Å². The van der Waals surface area contributed by atoms with Crippen molar-refractivity contribution in [2.45, 2.75) is 30.6 Å². The van der Waals surface area contributed by atoms with Crippen molar-refractivity contribution < 1.29 is 17.9 Å². The van der Waals surface area contributed by atoms with Crippen molar-refractivity contribution in [3.05, 3.63) is 54.6 Å². The zero-order valence-electron chi connectivity index (χ0n) is 15.2. The number of hydrogen-bond donors (Lipinski definition) is 1. The Kier molecular flexibility index (Phi) is 8.09. The molecule has 0 aliphatic heterocycles. The van der Waals surface area contributed by atoms with Gasteiger partial charge in [0.1, 0.15) is 0 Å². The van der Waals surface area contributed by atoms with E-state index in [4.69, 9.17) is 0 Å². The number of hydrogen-bond acceptors (Lipinski definition) is 6. The van der Waals surface area contributed by atoms with Crippen LogP contribution in [0.3, 0.4) is 0 Å². The van der Waals surface area contributed by atoms with E-state index in [0.29, 0.717) is 31.5 Å². The molecule has 0 aromatic heterocycles. The minimum absolute atomic E-state index is 0.177. The largest absolute Gasteiger partial charge is 0.469 e. The van der Waals surface area contributed by atoms with Gasteiger partial charge in [-0.2, -0.15) is 10.2 Å². The van der Waals surface area contributed by atoms with Crippen molar-refractivity contribution >= 4 is 27.4 Å². The van der Waals surface area contributed by atoms with Crippen LogP contribution < -0.4 is 4.72 Å². The highest BCUT2D eigenvalue weighted by molar-refractivity contribution is 7.89. The van der Waals surface area contributed by atoms with Gasteiger partial charge in [-0.1, -0.05) is 24.6 Å². The Bertz CT molecular complexity index is 850. The first kappa shape index (κ1) is 20.7. The third kappa shape index (κ3) is 7.28. The minimum atomic E-state index is -3.57. The molecule has 0 amide bonds. The molecular formula is C19H23N3O4S. The number of unbranched alkanes of at least 4 members (excludes halogenated alkanes) is 2. The molecule has 1 N–H and O–H groups in total. The van der Waals surface area contributed by atoms with Crippen molar-refractivity contribution in [1.82, 2.24) is 4.72 Å². The summed E-state index contributed by atoms with van der Waals surface area (Å²) in [5, 5.41) is 8.18. The van der Waals surface area contributed by atoms with Gasteiger partial charge in [-0.25, -0.2) is 13.1 Å². The standard InChI is InChI=1S/C19H23N3O4S/c1-26-19(23)10-6-3-7-15-20-27(24,25)18-13-11-17(12-14-18)22-21-16-8-4-2-5-9-16/h2,4-5,8-9,11-14,20H,3,6-7,10,15H2,1H3. The summed E-state index contributed by atoms with van der Waals surface area (Å²) in [5.74, 6) is -0.250. The molecule has 0 heterocycles. The van der Waals surface area contributed by atoms with Crippen molar-refractivity contribution in [1.29, 1.82) is 0 Å². The highest BCUT2D eigenvalue weighted by Crippen LogP contribution is 2.20. The minimum Gasteiger partial charge on any atom is -0.469 e. The molecule has 0 saturated carbocycles. The molecule has 0 aliphatic rings. The lowest BCUT2D eigenvalue weighted by molar-refractivity contribution is -0.140. The summed E-state index contributed by atoms with van der Waals surface area (Å²) in [5.41, 5.74) is 1.30. The summed E-state index contributed by atoms with van der Waals surface area (Å²) in [7, 11) is -2.21. The van der Waals surface area contributed by atoms with Gasteiger partial charge < -0.3 is 4.74 Å².